The standard InChI is InChI=1S/C19H15Cl2FN2O2/c1-11(2)17-10-18(26-19(25)12-4-3-5-13(22)8-12)24(23-17)14-6-7-15(20)16(21)9-14/h3-11H,1-2H3. The third-order valence-corrected chi connectivity index (χ3v) is 4.43. The molecular formula is C19H15Cl2FN2O2. The van der Waals surface area contributed by atoms with Crippen LogP contribution in [0.5, 0.6) is 5.88 Å². The fourth-order valence-corrected chi connectivity index (χ4v) is 2.60. The van der Waals surface area contributed by atoms with Crippen LogP contribution in [0.25, 0.3) is 5.69 Å². The molecule has 0 radical (unpaired) electrons. The molecule has 0 atom stereocenters. The van der Waals surface area contributed by atoms with Gasteiger partial charge in [0.2, 0.25) is 5.88 Å². The molecule has 26 heavy (non-hydrogen) atoms. The normalized spacial score (nSPS) is 11.0. The summed E-state index contributed by atoms with van der Waals surface area (Å²) in [7, 11) is 0. The first-order valence-electron chi connectivity index (χ1n) is 7.88. The van der Waals surface area contributed by atoms with Crippen LogP contribution < -0.4 is 4.74 Å². The Morgan fingerprint density at radius 1 is 1.12 bits per heavy atom. The molecule has 3 rings (SSSR count). The third kappa shape index (κ3) is 3.89. The van der Waals surface area contributed by atoms with E-state index in [1.54, 1.807) is 24.3 Å². The Morgan fingerprint density at radius 2 is 1.88 bits per heavy atom. The monoisotopic (exact) mass is 392 g/mol. The number of ether oxygens (including phenoxy) is 1. The van der Waals surface area contributed by atoms with Crippen molar-refractivity contribution in [1.29, 1.82) is 0 Å². The number of hydrogen-bond donors (Lipinski definition) is 0. The molecule has 0 bridgehead atoms. The van der Waals surface area contributed by atoms with Gasteiger partial charge in [-0.05, 0) is 42.3 Å². The van der Waals surface area contributed by atoms with Crippen molar-refractivity contribution in [2.45, 2.75) is 19.8 Å². The second-order valence-corrected chi connectivity index (χ2v) is 6.79. The number of nitrogens with zero attached hydrogens (tertiary/aromatic N) is 2. The van der Waals surface area contributed by atoms with E-state index >= 15 is 0 Å². The van der Waals surface area contributed by atoms with Gasteiger partial charge in [0.25, 0.3) is 0 Å². The van der Waals surface area contributed by atoms with E-state index in [1.165, 1.54) is 22.9 Å². The van der Waals surface area contributed by atoms with Gasteiger partial charge in [-0.15, -0.1) is 0 Å². The van der Waals surface area contributed by atoms with Crippen molar-refractivity contribution >= 4 is 29.2 Å². The van der Waals surface area contributed by atoms with Gasteiger partial charge < -0.3 is 4.74 Å². The van der Waals surface area contributed by atoms with Crippen LogP contribution in [0.4, 0.5) is 4.39 Å². The number of hydrogen-bond acceptors (Lipinski definition) is 3. The molecule has 0 saturated carbocycles. The van der Waals surface area contributed by atoms with E-state index in [0.717, 1.165) is 11.8 Å². The molecule has 0 unspecified atom stereocenters. The van der Waals surface area contributed by atoms with E-state index in [4.69, 9.17) is 27.9 Å². The smallest absolute Gasteiger partial charge is 0.344 e. The fraction of sp³-hybridized carbons (Fsp3) is 0.158. The van der Waals surface area contributed by atoms with Gasteiger partial charge >= 0.3 is 5.97 Å². The second kappa shape index (κ2) is 7.48. The Bertz CT molecular complexity index is 970. The van der Waals surface area contributed by atoms with Crippen molar-refractivity contribution in [2.24, 2.45) is 0 Å². The topological polar surface area (TPSA) is 44.1 Å². The SMILES string of the molecule is CC(C)c1cc(OC(=O)c2cccc(F)c2)n(-c2ccc(Cl)c(Cl)c2)n1. The van der Waals surface area contributed by atoms with Crippen molar-refractivity contribution < 1.29 is 13.9 Å². The summed E-state index contributed by atoms with van der Waals surface area (Å²) in [6.07, 6.45) is 0. The van der Waals surface area contributed by atoms with Crippen molar-refractivity contribution in [1.82, 2.24) is 9.78 Å². The van der Waals surface area contributed by atoms with Gasteiger partial charge in [-0.1, -0.05) is 43.1 Å². The molecule has 3 aromatic rings. The van der Waals surface area contributed by atoms with Gasteiger partial charge in [0, 0.05) is 6.07 Å². The molecule has 1 heterocycles. The number of esters is 1. The van der Waals surface area contributed by atoms with Crippen molar-refractivity contribution in [3.8, 4) is 11.6 Å². The van der Waals surface area contributed by atoms with Crippen LogP contribution in [0.1, 0.15) is 35.8 Å². The maximum absolute atomic E-state index is 13.4. The van der Waals surface area contributed by atoms with E-state index < -0.39 is 11.8 Å². The van der Waals surface area contributed by atoms with Gasteiger partial charge in [-0.3, -0.25) is 0 Å². The lowest BCUT2D eigenvalue weighted by Gasteiger charge is -2.09. The van der Waals surface area contributed by atoms with Crippen LogP contribution in [0.3, 0.4) is 0 Å². The van der Waals surface area contributed by atoms with E-state index in [2.05, 4.69) is 5.10 Å². The molecule has 0 aliphatic rings. The zero-order valence-electron chi connectivity index (χ0n) is 14.0. The summed E-state index contributed by atoms with van der Waals surface area (Å²) in [4.78, 5) is 12.4. The first-order chi connectivity index (χ1) is 12.3. The lowest BCUT2D eigenvalue weighted by atomic mass is 10.1. The predicted octanol–water partition coefficient (Wildman–Crippen LogP) is 5.66. The second-order valence-electron chi connectivity index (χ2n) is 5.97. The molecule has 1 aromatic heterocycles. The molecule has 7 heteroatoms. The Balaban J connectivity index is 2.00. The van der Waals surface area contributed by atoms with Crippen LogP contribution in [0, 0.1) is 5.82 Å². The Morgan fingerprint density at radius 3 is 2.54 bits per heavy atom. The summed E-state index contributed by atoms with van der Waals surface area (Å²) in [5.74, 6) is -0.867. The molecule has 4 nitrogen and oxygen atoms in total. The highest BCUT2D eigenvalue weighted by atomic mass is 35.5. The first kappa shape index (κ1) is 18.4. The first-order valence-corrected chi connectivity index (χ1v) is 8.64. The highest BCUT2D eigenvalue weighted by Crippen LogP contribution is 2.29. The third-order valence-electron chi connectivity index (χ3n) is 3.69. The summed E-state index contributed by atoms with van der Waals surface area (Å²) in [6.45, 7) is 3.94. The number of carbonyl (C=O) groups excluding carboxylic acids is 1. The van der Waals surface area contributed by atoms with Gasteiger partial charge in [-0.2, -0.15) is 5.10 Å². The van der Waals surface area contributed by atoms with E-state index in [1.807, 2.05) is 13.8 Å². The minimum absolute atomic E-state index is 0.109. The summed E-state index contributed by atoms with van der Waals surface area (Å²) < 4.78 is 20.3. The van der Waals surface area contributed by atoms with E-state index in [0.29, 0.717) is 15.7 Å². The number of benzene rings is 2. The quantitative estimate of drug-likeness (QED) is 0.537. The van der Waals surface area contributed by atoms with Crippen molar-refractivity contribution in [3.05, 3.63) is 75.7 Å². The Labute approximate surface area is 160 Å². The molecule has 2 aromatic carbocycles. The fourth-order valence-electron chi connectivity index (χ4n) is 2.31. The molecule has 0 amide bonds. The van der Waals surface area contributed by atoms with Crippen molar-refractivity contribution in [2.75, 3.05) is 0 Å². The summed E-state index contributed by atoms with van der Waals surface area (Å²) in [6, 6.07) is 11.9. The van der Waals surface area contributed by atoms with Gasteiger partial charge in [0.1, 0.15) is 5.82 Å². The van der Waals surface area contributed by atoms with Crippen LogP contribution in [0.15, 0.2) is 48.5 Å². The Hall–Kier alpha value is -2.37. The van der Waals surface area contributed by atoms with E-state index in [9.17, 15) is 9.18 Å². The number of halogens is 3. The average molecular weight is 393 g/mol. The number of carbonyl (C=O) groups is 1. The minimum atomic E-state index is -0.680. The van der Waals surface area contributed by atoms with Crippen LogP contribution >= 0.6 is 23.2 Å². The van der Waals surface area contributed by atoms with Crippen LogP contribution in [0.2, 0.25) is 10.0 Å². The number of rotatable bonds is 4. The van der Waals surface area contributed by atoms with Crippen LogP contribution in [-0.2, 0) is 0 Å². The summed E-state index contributed by atoms with van der Waals surface area (Å²) >= 11 is 12.0. The highest BCUT2D eigenvalue weighted by molar-refractivity contribution is 6.42. The van der Waals surface area contributed by atoms with Gasteiger partial charge in [0.05, 0.1) is 27.0 Å². The largest absolute Gasteiger partial charge is 0.404 e. The maximum Gasteiger partial charge on any atom is 0.344 e. The average Bonchev–Trinajstić information content (AvgIpc) is 3.01. The predicted molar refractivity (Wildman–Crippen MR) is 99.0 cm³/mol. The van der Waals surface area contributed by atoms with Crippen molar-refractivity contribution in [3.63, 3.8) is 0 Å². The Kier molecular flexibility index (Phi) is 5.30. The van der Waals surface area contributed by atoms with Gasteiger partial charge in [0.15, 0.2) is 0 Å². The molecule has 0 spiro atoms. The molecule has 0 aliphatic heterocycles. The lowest BCUT2D eigenvalue weighted by Crippen LogP contribution is -2.12. The lowest BCUT2D eigenvalue weighted by molar-refractivity contribution is 0.0722. The summed E-state index contributed by atoms with van der Waals surface area (Å²) in [5.41, 5.74) is 1.43. The minimum Gasteiger partial charge on any atom is -0.404 e. The highest BCUT2D eigenvalue weighted by Gasteiger charge is 2.18. The molecule has 0 fully saturated rings. The zero-order chi connectivity index (χ0) is 18.8. The zero-order valence-corrected chi connectivity index (χ0v) is 15.6. The molecule has 0 N–H and O–H groups in total. The molecular weight excluding hydrogens is 378 g/mol. The molecule has 0 saturated heterocycles. The molecule has 134 valence electrons. The van der Waals surface area contributed by atoms with E-state index in [-0.39, 0.29) is 17.4 Å². The van der Waals surface area contributed by atoms with Crippen LogP contribution in [-0.4, -0.2) is 15.7 Å². The number of aromatic nitrogens is 2. The van der Waals surface area contributed by atoms with Gasteiger partial charge in [-0.25, -0.2) is 13.9 Å². The summed E-state index contributed by atoms with van der Waals surface area (Å²) in [5, 5.41) is 5.24. The maximum atomic E-state index is 13.4. The molecule has 0 aliphatic carbocycles.